The number of urea groups is 1. The van der Waals surface area contributed by atoms with Gasteiger partial charge < -0.3 is 19.5 Å². The van der Waals surface area contributed by atoms with Crippen LogP contribution in [0.1, 0.15) is 19.8 Å². The van der Waals surface area contributed by atoms with Gasteiger partial charge >= 0.3 is 12.1 Å². The highest BCUT2D eigenvalue weighted by atomic mass is 16.6. The summed E-state index contributed by atoms with van der Waals surface area (Å²) >= 11 is 0. The number of hydrogen-bond acceptors (Lipinski definition) is 5. The van der Waals surface area contributed by atoms with E-state index in [0.717, 1.165) is 0 Å². The minimum absolute atomic E-state index is 0.0348. The van der Waals surface area contributed by atoms with Crippen molar-refractivity contribution in [2.75, 3.05) is 25.0 Å². The first kappa shape index (κ1) is 14.2. The third kappa shape index (κ3) is 3.87. The van der Waals surface area contributed by atoms with E-state index in [1.807, 2.05) is 0 Å². The molecule has 0 radical (unpaired) electrons. The lowest BCUT2D eigenvalue weighted by Crippen LogP contribution is -2.47. The van der Waals surface area contributed by atoms with Gasteiger partial charge in [0, 0.05) is 25.2 Å². The second-order valence-electron chi connectivity index (χ2n) is 4.44. The van der Waals surface area contributed by atoms with Crippen molar-refractivity contribution in [3.05, 3.63) is 12.3 Å². The Labute approximate surface area is 116 Å². The van der Waals surface area contributed by atoms with Gasteiger partial charge in [-0.2, -0.15) is 0 Å². The fraction of sp³-hybridized carbons (Fsp3) is 0.583. The molecule has 0 unspecified atom stereocenters. The lowest BCUT2D eigenvalue weighted by atomic mass is 10.1. The van der Waals surface area contributed by atoms with Crippen molar-refractivity contribution < 1.29 is 18.8 Å². The number of amides is 3. The maximum atomic E-state index is 11.7. The van der Waals surface area contributed by atoms with Crippen LogP contribution < -0.4 is 10.6 Å². The molecule has 0 bridgehead atoms. The van der Waals surface area contributed by atoms with E-state index >= 15 is 0 Å². The second kappa shape index (κ2) is 6.78. The highest BCUT2D eigenvalue weighted by Crippen LogP contribution is 2.12. The van der Waals surface area contributed by atoms with Crippen LogP contribution in [0.2, 0.25) is 0 Å². The Kier molecular flexibility index (Phi) is 4.80. The Morgan fingerprint density at radius 1 is 1.50 bits per heavy atom. The fourth-order valence-corrected chi connectivity index (χ4v) is 2.04. The number of ether oxygens (including phenoxy) is 1. The second-order valence-corrected chi connectivity index (χ2v) is 4.44. The topological polar surface area (TPSA) is 96.7 Å². The molecule has 0 atom stereocenters. The van der Waals surface area contributed by atoms with Crippen LogP contribution in [0.4, 0.5) is 15.4 Å². The number of carbonyl (C=O) groups excluding carboxylic acids is 2. The van der Waals surface area contributed by atoms with Crippen molar-refractivity contribution >= 4 is 17.9 Å². The average molecular weight is 282 g/mol. The van der Waals surface area contributed by atoms with Crippen LogP contribution in [0.25, 0.3) is 0 Å². The van der Waals surface area contributed by atoms with E-state index in [0.29, 0.717) is 38.4 Å². The smallest absolute Gasteiger partial charge is 0.409 e. The molecule has 8 nitrogen and oxygen atoms in total. The van der Waals surface area contributed by atoms with Gasteiger partial charge in [-0.15, -0.1) is 0 Å². The predicted octanol–water partition coefficient (Wildman–Crippen LogP) is 1.42. The van der Waals surface area contributed by atoms with E-state index in [1.165, 1.54) is 6.26 Å². The molecule has 1 fully saturated rings. The zero-order valence-electron chi connectivity index (χ0n) is 11.3. The van der Waals surface area contributed by atoms with Crippen molar-refractivity contribution in [3.63, 3.8) is 0 Å². The molecule has 1 aliphatic rings. The van der Waals surface area contributed by atoms with E-state index < -0.39 is 0 Å². The van der Waals surface area contributed by atoms with Crippen LogP contribution in [0.5, 0.6) is 0 Å². The third-order valence-corrected chi connectivity index (χ3v) is 3.04. The van der Waals surface area contributed by atoms with Gasteiger partial charge in [-0.1, -0.05) is 5.16 Å². The summed E-state index contributed by atoms with van der Waals surface area (Å²) < 4.78 is 9.55. The van der Waals surface area contributed by atoms with Crippen molar-refractivity contribution in [1.82, 2.24) is 15.4 Å². The fourth-order valence-electron chi connectivity index (χ4n) is 2.04. The van der Waals surface area contributed by atoms with Gasteiger partial charge in [0.15, 0.2) is 5.82 Å². The van der Waals surface area contributed by atoms with E-state index in [-0.39, 0.29) is 18.2 Å². The Morgan fingerprint density at radius 2 is 2.25 bits per heavy atom. The molecule has 20 heavy (non-hydrogen) atoms. The first-order chi connectivity index (χ1) is 9.69. The first-order valence-corrected chi connectivity index (χ1v) is 6.58. The summed E-state index contributed by atoms with van der Waals surface area (Å²) in [6.07, 6.45) is 2.49. The summed E-state index contributed by atoms with van der Waals surface area (Å²) in [6.45, 7) is 3.30. The summed E-state index contributed by atoms with van der Waals surface area (Å²) in [5.41, 5.74) is 0. The minimum Gasteiger partial charge on any atom is -0.450 e. The molecule has 8 heteroatoms. The number of likely N-dealkylation sites (tertiary alicyclic amines) is 1. The van der Waals surface area contributed by atoms with Crippen LogP contribution in [-0.4, -0.2) is 47.9 Å². The van der Waals surface area contributed by atoms with Gasteiger partial charge in [0.1, 0.15) is 6.26 Å². The van der Waals surface area contributed by atoms with Crippen molar-refractivity contribution in [3.8, 4) is 0 Å². The van der Waals surface area contributed by atoms with E-state index in [1.54, 1.807) is 17.9 Å². The molecule has 1 saturated heterocycles. The molecule has 110 valence electrons. The van der Waals surface area contributed by atoms with E-state index in [4.69, 9.17) is 4.74 Å². The summed E-state index contributed by atoms with van der Waals surface area (Å²) in [4.78, 5) is 24.9. The molecular weight excluding hydrogens is 264 g/mol. The van der Waals surface area contributed by atoms with Crippen LogP contribution in [0.3, 0.4) is 0 Å². The number of carbonyl (C=O) groups is 2. The minimum atomic E-state index is -0.325. The maximum Gasteiger partial charge on any atom is 0.409 e. The standard InChI is InChI=1S/C12H18N4O4/c1-2-19-12(18)16-6-3-9(4-7-16)13-11(17)14-10-5-8-20-15-10/h5,8-9H,2-4,6-7H2,1H3,(H2,13,14,15,17). The van der Waals surface area contributed by atoms with Gasteiger partial charge in [-0.25, -0.2) is 9.59 Å². The Bertz CT molecular complexity index is 440. The molecular formula is C12H18N4O4. The van der Waals surface area contributed by atoms with Crippen LogP contribution in [-0.2, 0) is 4.74 Å². The molecule has 1 aliphatic heterocycles. The average Bonchev–Trinajstić information content (AvgIpc) is 2.92. The molecule has 0 saturated carbocycles. The molecule has 1 aromatic rings. The van der Waals surface area contributed by atoms with Crippen LogP contribution in [0, 0.1) is 0 Å². The van der Waals surface area contributed by atoms with Crippen LogP contribution in [0.15, 0.2) is 16.9 Å². The molecule has 2 rings (SSSR count). The quantitative estimate of drug-likeness (QED) is 0.873. The molecule has 2 N–H and O–H groups in total. The monoisotopic (exact) mass is 282 g/mol. The van der Waals surface area contributed by atoms with Crippen molar-refractivity contribution in [2.45, 2.75) is 25.8 Å². The number of aromatic nitrogens is 1. The number of anilines is 1. The summed E-state index contributed by atoms with van der Waals surface area (Å²) in [6, 6.07) is 1.27. The molecule has 3 amide bonds. The number of piperidine rings is 1. The van der Waals surface area contributed by atoms with Gasteiger partial charge in [-0.05, 0) is 19.8 Å². The lowest BCUT2D eigenvalue weighted by molar-refractivity contribution is 0.0959. The molecule has 1 aromatic heterocycles. The number of nitrogens with zero attached hydrogens (tertiary/aromatic N) is 2. The Balaban J connectivity index is 1.71. The highest BCUT2D eigenvalue weighted by molar-refractivity contribution is 5.88. The predicted molar refractivity (Wildman–Crippen MR) is 70.3 cm³/mol. The zero-order valence-corrected chi connectivity index (χ0v) is 11.3. The lowest BCUT2D eigenvalue weighted by Gasteiger charge is -2.31. The summed E-state index contributed by atoms with van der Waals surface area (Å²) in [5, 5.41) is 8.99. The van der Waals surface area contributed by atoms with Crippen LogP contribution >= 0.6 is 0 Å². The zero-order chi connectivity index (χ0) is 14.4. The van der Waals surface area contributed by atoms with Gasteiger partial charge in [0.25, 0.3) is 0 Å². The maximum absolute atomic E-state index is 11.7. The molecule has 0 aliphatic carbocycles. The van der Waals surface area contributed by atoms with E-state index in [2.05, 4.69) is 20.3 Å². The molecule has 0 spiro atoms. The summed E-state index contributed by atoms with van der Waals surface area (Å²) in [5.74, 6) is 0.367. The van der Waals surface area contributed by atoms with Gasteiger partial charge in [0.2, 0.25) is 0 Å². The third-order valence-electron chi connectivity index (χ3n) is 3.04. The van der Waals surface area contributed by atoms with Crippen molar-refractivity contribution in [2.24, 2.45) is 0 Å². The first-order valence-electron chi connectivity index (χ1n) is 6.58. The van der Waals surface area contributed by atoms with Gasteiger partial charge in [-0.3, -0.25) is 5.32 Å². The largest absolute Gasteiger partial charge is 0.450 e. The highest BCUT2D eigenvalue weighted by Gasteiger charge is 2.24. The Hall–Kier alpha value is -2.25. The normalized spacial score (nSPS) is 15.8. The molecule has 2 heterocycles. The number of hydrogen-bond donors (Lipinski definition) is 2. The number of nitrogens with one attached hydrogen (secondary N) is 2. The van der Waals surface area contributed by atoms with E-state index in [9.17, 15) is 9.59 Å². The summed E-state index contributed by atoms with van der Waals surface area (Å²) in [7, 11) is 0. The molecule has 0 aromatic carbocycles. The van der Waals surface area contributed by atoms with Crippen molar-refractivity contribution in [1.29, 1.82) is 0 Å². The Morgan fingerprint density at radius 3 is 2.85 bits per heavy atom. The van der Waals surface area contributed by atoms with Gasteiger partial charge in [0.05, 0.1) is 6.61 Å². The number of rotatable bonds is 3. The SMILES string of the molecule is CCOC(=O)N1CCC(NC(=O)Nc2ccon2)CC1.